The number of carbonyl (C=O) groups excluding carboxylic acids is 2. The highest BCUT2D eigenvalue weighted by Crippen LogP contribution is 2.44. The standard InChI is InChI=1S/C26H28N2O5/c29-23(27-17-10-9-16(13-17)24(30)31)14-26(11-12-26)28-25(32)33-15-22-20-7-3-1-5-18(20)19-6-2-4-8-21(19)22/h1-8,16-17,22H,9-15H2,(H,27,29)(H,28,32)(H,30,31)/t16-,17+/m1/s1. The van der Waals surface area contributed by atoms with Gasteiger partial charge < -0.3 is 20.5 Å². The number of rotatable bonds is 7. The number of amides is 2. The van der Waals surface area contributed by atoms with Crippen LogP contribution >= 0.6 is 0 Å². The van der Waals surface area contributed by atoms with Gasteiger partial charge in [-0.15, -0.1) is 0 Å². The second-order valence-corrected chi connectivity index (χ2v) is 9.52. The van der Waals surface area contributed by atoms with Crippen molar-refractivity contribution in [3.8, 4) is 11.1 Å². The fourth-order valence-corrected chi connectivity index (χ4v) is 5.27. The molecule has 0 heterocycles. The third-order valence-corrected chi connectivity index (χ3v) is 7.21. The number of alkyl carbamates (subject to hydrolysis) is 1. The third-order valence-electron chi connectivity index (χ3n) is 7.21. The average molecular weight is 449 g/mol. The lowest BCUT2D eigenvalue weighted by molar-refractivity contribution is -0.141. The molecule has 0 unspecified atom stereocenters. The number of aliphatic carboxylic acids is 1. The van der Waals surface area contributed by atoms with Gasteiger partial charge in [0.2, 0.25) is 5.91 Å². The highest BCUT2D eigenvalue weighted by Gasteiger charge is 2.46. The molecule has 172 valence electrons. The summed E-state index contributed by atoms with van der Waals surface area (Å²) in [7, 11) is 0. The van der Waals surface area contributed by atoms with Crippen LogP contribution in [0.15, 0.2) is 48.5 Å². The van der Waals surface area contributed by atoms with Gasteiger partial charge in [0.15, 0.2) is 0 Å². The number of ether oxygens (including phenoxy) is 1. The van der Waals surface area contributed by atoms with E-state index in [0.29, 0.717) is 19.3 Å². The van der Waals surface area contributed by atoms with Gasteiger partial charge in [-0.1, -0.05) is 48.5 Å². The van der Waals surface area contributed by atoms with E-state index in [4.69, 9.17) is 9.84 Å². The fraction of sp³-hybridized carbons (Fsp3) is 0.423. The SMILES string of the molecule is O=C(CC1(NC(=O)OCC2c3ccccc3-c3ccccc32)CC1)N[C@H]1CC[C@@H](C(=O)O)C1. The summed E-state index contributed by atoms with van der Waals surface area (Å²) in [5.41, 5.74) is 4.10. The second-order valence-electron chi connectivity index (χ2n) is 9.52. The molecule has 0 saturated heterocycles. The Labute approximate surface area is 192 Å². The summed E-state index contributed by atoms with van der Waals surface area (Å²) in [5.74, 6) is -1.35. The topological polar surface area (TPSA) is 105 Å². The first kappa shape index (κ1) is 21.5. The van der Waals surface area contributed by atoms with Crippen LogP contribution in [0.4, 0.5) is 4.79 Å². The third kappa shape index (κ3) is 4.45. The molecule has 2 saturated carbocycles. The van der Waals surface area contributed by atoms with Crippen LogP contribution < -0.4 is 10.6 Å². The van der Waals surface area contributed by atoms with E-state index in [-0.39, 0.29) is 36.8 Å². The lowest BCUT2D eigenvalue weighted by atomic mass is 9.98. The van der Waals surface area contributed by atoms with E-state index in [9.17, 15) is 14.4 Å². The average Bonchev–Trinajstić information content (AvgIpc) is 3.24. The zero-order chi connectivity index (χ0) is 23.0. The Bertz CT molecular complexity index is 1050. The zero-order valence-electron chi connectivity index (χ0n) is 18.4. The van der Waals surface area contributed by atoms with Gasteiger partial charge in [-0.3, -0.25) is 9.59 Å². The molecule has 0 aromatic heterocycles. The minimum atomic E-state index is -0.803. The maximum absolute atomic E-state index is 12.6. The Hall–Kier alpha value is -3.35. The van der Waals surface area contributed by atoms with Crippen molar-refractivity contribution in [2.75, 3.05) is 6.61 Å². The van der Waals surface area contributed by atoms with Gasteiger partial charge in [0.25, 0.3) is 0 Å². The molecule has 0 radical (unpaired) electrons. The monoisotopic (exact) mass is 448 g/mol. The second kappa shape index (κ2) is 8.54. The van der Waals surface area contributed by atoms with E-state index in [2.05, 4.69) is 34.9 Å². The van der Waals surface area contributed by atoms with Gasteiger partial charge in [0, 0.05) is 18.4 Å². The lowest BCUT2D eigenvalue weighted by Gasteiger charge is -2.20. The Balaban J connectivity index is 1.14. The molecule has 2 aromatic carbocycles. The normalized spacial score (nSPS) is 22.2. The molecular formula is C26H28N2O5. The van der Waals surface area contributed by atoms with Crippen LogP contribution in [-0.2, 0) is 14.3 Å². The summed E-state index contributed by atoms with van der Waals surface area (Å²) >= 11 is 0. The van der Waals surface area contributed by atoms with Gasteiger partial charge in [0.1, 0.15) is 6.61 Å². The van der Waals surface area contributed by atoms with Gasteiger partial charge >= 0.3 is 12.1 Å². The molecule has 2 atom stereocenters. The maximum atomic E-state index is 12.6. The van der Waals surface area contributed by atoms with Crippen LogP contribution in [0.5, 0.6) is 0 Å². The first-order valence-electron chi connectivity index (χ1n) is 11.6. The Morgan fingerprint density at radius 1 is 0.970 bits per heavy atom. The molecule has 5 rings (SSSR count). The molecule has 7 nitrogen and oxygen atoms in total. The smallest absolute Gasteiger partial charge is 0.407 e. The zero-order valence-corrected chi connectivity index (χ0v) is 18.4. The minimum Gasteiger partial charge on any atom is -0.481 e. The van der Waals surface area contributed by atoms with Gasteiger partial charge in [-0.25, -0.2) is 4.79 Å². The molecule has 2 amide bonds. The van der Waals surface area contributed by atoms with Crippen LogP contribution in [-0.4, -0.2) is 41.3 Å². The fourth-order valence-electron chi connectivity index (χ4n) is 5.27. The quantitative estimate of drug-likeness (QED) is 0.597. The van der Waals surface area contributed by atoms with Crippen molar-refractivity contribution in [1.82, 2.24) is 10.6 Å². The van der Waals surface area contributed by atoms with Crippen LogP contribution in [0.1, 0.15) is 55.6 Å². The largest absolute Gasteiger partial charge is 0.481 e. The molecule has 0 spiro atoms. The highest BCUT2D eigenvalue weighted by molar-refractivity contribution is 5.81. The van der Waals surface area contributed by atoms with Crippen molar-refractivity contribution < 1.29 is 24.2 Å². The van der Waals surface area contributed by atoms with Gasteiger partial charge in [0.05, 0.1) is 11.5 Å². The van der Waals surface area contributed by atoms with E-state index >= 15 is 0 Å². The summed E-state index contributed by atoms with van der Waals surface area (Å²) in [4.78, 5) is 36.2. The van der Waals surface area contributed by atoms with Crippen LogP contribution in [0.25, 0.3) is 11.1 Å². The first-order valence-corrected chi connectivity index (χ1v) is 11.6. The molecule has 3 N–H and O–H groups in total. The van der Waals surface area contributed by atoms with E-state index < -0.39 is 17.6 Å². The van der Waals surface area contributed by atoms with Crippen molar-refractivity contribution in [1.29, 1.82) is 0 Å². The predicted octanol–water partition coefficient (Wildman–Crippen LogP) is 3.82. The van der Waals surface area contributed by atoms with Crippen molar-refractivity contribution in [2.24, 2.45) is 5.92 Å². The number of benzene rings is 2. The molecule has 0 aliphatic heterocycles. The van der Waals surface area contributed by atoms with E-state index in [1.165, 1.54) is 11.1 Å². The van der Waals surface area contributed by atoms with Gasteiger partial charge in [-0.2, -0.15) is 0 Å². The van der Waals surface area contributed by atoms with E-state index in [0.717, 1.165) is 24.0 Å². The molecule has 3 aliphatic rings. The highest BCUT2D eigenvalue weighted by atomic mass is 16.5. The summed E-state index contributed by atoms with van der Waals surface area (Å²) in [6.45, 7) is 0.237. The molecule has 2 aromatic rings. The molecule has 0 bridgehead atoms. The van der Waals surface area contributed by atoms with E-state index in [1.54, 1.807) is 0 Å². The maximum Gasteiger partial charge on any atom is 0.407 e. The Morgan fingerprint density at radius 2 is 1.61 bits per heavy atom. The Kier molecular flexibility index (Phi) is 5.56. The van der Waals surface area contributed by atoms with E-state index in [1.807, 2.05) is 24.3 Å². The van der Waals surface area contributed by atoms with Gasteiger partial charge in [-0.05, 0) is 54.4 Å². The predicted molar refractivity (Wildman–Crippen MR) is 122 cm³/mol. The number of carbonyl (C=O) groups is 3. The van der Waals surface area contributed by atoms with Crippen LogP contribution in [0.3, 0.4) is 0 Å². The summed E-state index contributed by atoms with van der Waals surface area (Å²) < 4.78 is 5.62. The number of carboxylic acid groups (broad SMARTS) is 1. The number of carboxylic acids is 1. The molecule has 2 fully saturated rings. The molecule has 3 aliphatic carbocycles. The summed E-state index contributed by atoms with van der Waals surface area (Å²) in [6.07, 6.45) is 2.87. The number of hydrogen-bond donors (Lipinski definition) is 3. The number of hydrogen-bond acceptors (Lipinski definition) is 4. The summed E-state index contributed by atoms with van der Waals surface area (Å²) in [6, 6.07) is 16.3. The van der Waals surface area contributed by atoms with Crippen LogP contribution in [0, 0.1) is 5.92 Å². The molecule has 7 heteroatoms. The van der Waals surface area contributed by atoms with Crippen molar-refractivity contribution >= 4 is 18.0 Å². The Morgan fingerprint density at radius 3 is 2.18 bits per heavy atom. The van der Waals surface area contributed by atoms with Crippen LogP contribution in [0.2, 0.25) is 0 Å². The van der Waals surface area contributed by atoms with Crippen molar-refractivity contribution in [2.45, 2.75) is 56.0 Å². The molecular weight excluding hydrogens is 420 g/mol. The minimum absolute atomic E-state index is 0.00820. The number of fused-ring (bicyclic) bond motifs is 3. The first-order chi connectivity index (χ1) is 15.9. The summed E-state index contributed by atoms with van der Waals surface area (Å²) in [5, 5.41) is 15.0. The number of nitrogens with one attached hydrogen (secondary N) is 2. The lowest BCUT2D eigenvalue weighted by Crippen LogP contribution is -2.43. The molecule has 33 heavy (non-hydrogen) atoms. The van der Waals surface area contributed by atoms with Crippen molar-refractivity contribution in [3.05, 3.63) is 59.7 Å². The van der Waals surface area contributed by atoms with Crippen molar-refractivity contribution in [3.63, 3.8) is 0 Å².